The zero-order valence-electron chi connectivity index (χ0n) is 13.9. The van der Waals surface area contributed by atoms with Gasteiger partial charge in [-0.25, -0.2) is 0 Å². The van der Waals surface area contributed by atoms with Crippen molar-refractivity contribution in [3.63, 3.8) is 0 Å². The SMILES string of the molecule is CCN(Cc1ccccn1)CC1(CNC(C)C)CCCC1. The Labute approximate surface area is 130 Å². The van der Waals surface area contributed by atoms with Crippen LogP contribution in [0.5, 0.6) is 0 Å². The second kappa shape index (κ2) is 7.90. The molecule has 0 aliphatic heterocycles. The van der Waals surface area contributed by atoms with Crippen molar-refractivity contribution in [3.05, 3.63) is 30.1 Å². The molecule has 1 aromatic heterocycles. The molecule has 0 atom stereocenters. The Kier molecular flexibility index (Phi) is 6.19. The number of pyridine rings is 1. The highest BCUT2D eigenvalue weighted by Crippen LogP contribution is 2.38. The third-order valence-electron chi connectivity index (χ3n) is 4.67. The van der Waals surface area contributed by atoms with Gasteiger partial charge >= 0.3 is 0 Å². The average Bonchev–Trinajstić information content (AvgIpc) is 2.94. The van der Waals surface area contributed by atoms with Crippen molar-refractivity contribution in [1.29, 1.82) is 0 Å². The Morgan fingerprint density at radius 1 is 1.29 bits per heavy atom. The van der Waals surface area contributed by atoms with Crippen molar-refractivity contribution in [2.24, 2.45) is 5.41 Å². The van der Waals surface area contributed by atoms with Gasteiger partial charge in [0.15, 0.2) is 0 Å². The predicted molar refractivity (Wildman–Crippen MR) is 89.2 cm³/mol. The van der Waals surface area contributed by atoms with Crippen molar-refractivity contribution in [3.8, 4) is 0 Å². The van der Waals surface area contributed by atoms with Crippen LogP contribution in [0.3, 0.4) is 0 Å². The van der Waals surface area contributed by atoms with Crippen molar-refractivity contribution in [2.45, 2.75) is 59.0 Å². The van der Waals surface area contributed by atoms with Crippen LogP contribution in [-0.4, -0.2) is 35.6 Å². The molecule has 0 radical (unpaired) electrons. The highest BCUT2D eigenvalue weighted by Gasteiger charge is 2.35. The lowest BCUT2D eigenvalue weighted by Crippen LogP contribution is -2.44. The van der Waals surface area contributed by atoms with Crippen LogP contribution in [0.4, 0.5) is 0 Å². The molecule has 0 saturated heterocycles. The van der Waals surface area contributed by atoms with Crippen molar-refractivity contribution < 1.29 is 0 Å². The minimum Gasteiger partial charge on any atom is -0.314 e. The lowest BCUT2D eigenvalue weighted by molar-refractivity contribution is 0.144. The van der Waals surface area contributed by atoms with Crippen LogP contribution in [0.15, 0.2) is 24.4 Å². The number of nitrogens with one attached hydrogen (secondary N) is 1. The summed E-state index contributed by atoms with van der Waals surface area (Å²) in [6.45, 7) is 11.2. The Balaban J connectivity index is 1.96. The van der Waals surface area contributed by atoms with Crippen LogP contribution in [0.1, 0.15) is 52.1 Å². The molecule has 0 unspecified atom stereocenters. The van der Waals surface area contributed by atoms with Gasteiger partial charge in [0.05, 0.1) is 5.69 Å². The lowest BCUT2D eigenvalue weighted by Gasteiger charge is -2.36. The molecule has 0 aromatic carbocycles. The molecule has 0 spiro atoms. The van der Waals surface area contributed by atoms with E-state index in [0.717, 1.165) is 19.6 Å². The number of hydrogen-bond donors (Lipinski definition) is 1. The minimum absolute atomic E-state index is 0.467. The van der Waals surface area contributed by atoms with Crippen molar-refractivity contribution in [2.75, 3.05) is 19.6 Å². The van der Waals surface area contributed by atoms with Crippen LogP contribution in [-0.2, 0) is 6.54 Å². The molecule has 2 rings (SSSR count). The maximum atomic E-state index is 4.48. The van der Waals surface area contributed by atoms with Crippen LogP contribution >= 0.6 is 0 Å². The Bertz CT molecular complexity index is 396. The topological polar surface area (TPSA) is 28.2 Å². The van der Waals surface area contributed by atoms with Crippen LogP contribution < -0.4 is 5.32 Å². The van der Waals surface area contributed by atoms with Gasteiger partial charge in [0, 0.05) is 31.9 Å². The Morgan fingerprint density at radius 3 is 2.62 bits per heavy atom. The lowest BCUT2D eigenvalue weighted by atomic mass is 9.85. The van der Waals surface area contributed by atoms with Gasteiger partial charge in [-0.1, -0.05) is 39.7 Å². The third kappa shape index (κ3) is 5.08. The molecule has 3 nitrogen and oxygen atoms in total. The summed E-state index contributed by atoms with van der Waals surface area (Å²) >= 11 is 0. The summed E-state index contributed by atoms with van der Waals surface area (Å²) in [6.07, 6.45) is 7.41. The van der Waals surface area contributed by atoms with Crippen molar-refractivity contribution >= 4 is 0 Å². The summed E-state index contributed by atoms with van der Waals surface area (Å²) in [5.41, 5.74) is 1.65. The van der Waals surface area contributed by atoms with Crippen LogP contribution in [0, 0.1) is 5.41 Å². The zero-order chi connectivity index (χ0) is 15.1. The predicted octanol–water partition coefficient (Wildman–Crippen LogP) is 3.46. The van der Waals surface area contributed by atoms with Crippen LogP contribution in [0.2, 0.25) is 0 Å². The summed E-state index contributed by atoms with van der Waals surface area (Å²) < 4.78 is 0. The first-order valence-corrected chi connectivity index (χ1v) is 8.49. The first kappa shape index (κ1) is 16.4. The molecule has 118 valence electrons. The van der Waals surface area contributed by atoms with Gasteiger partial charge < -0.3 is 5.32 Å². The molecule has 0 bridgehead atoms. The molecule has 1 N–H and O–H groups in total. The molecule has 1 aliphatic rings. The van der Waals surface area contributed by atoms with Crippen LogP contribution in [0.25, 0.3) is 0 Å². The van der Waals surface area contributed by atoms with E-state index in [0.29, 0.717) is 11.5 Å². The van der Waals surface area contributed by atoms with E-state index >= 15 is 0 Å². The van der Waals surface area contributed by atoms with Gasteiger partial charge in [-0.15, -0.1) is 0 Å². The van der Waals surface area contributed by atoms with Gasteiger partial charge in [0.1, 0.15) is 0 Å². The maximum absolute atomic E-state index is 4.48. The maximum Gasteiger partial charge on any atom is 0.0543 e. The first-order valence-electron chi connectivity index (χ1n) is 8.49. The number of rotatable bonds is 8. The molecule has 3 heteroatoms. The van der Waals surface area contributed by atoms with Gasteiger partial charge in [-0.05, 0) is 36.9 Å². The number of nitrogens with zero attached hydrogens (tertiary/aromatic N) is 2. The Morgan fingerprint density at radius 2 is 2.05 bits per heavy atom. The number of hydrogen-bond acceptors (Lipinski definition) is 3. The van der Waals surface area contributed by atoms with E-state index in [1.807, 2.05) is 12.3 Å². The first-order chi connectivity index (χ1) is 10.1. The molecule has 1 aromatic rings. The highest BCUT2D eigenvalue weighted by molar-refractivity contribution is 5.03. The standard InChI is InChI=1S/C18H31N3/c1-4-21(13-17-9-5-8-12-19-17)15-18(10-6-7-11-18)14-20-16(2)3/h5,8-9,12,16,20H,4,6-7,10-11,13-15H2,1-3H3. The highest BCUT2D eigenvalue weighted by atomic mass is 15.1. The molecule has 1 fully saturated rings. The Hall–Kier alpha value is -0.930. The summed E-state index contributed by atoms with van der Waals surface area (Å²) in [5.74, 6) is 0. The van der Waals surface area contributed by atoms with E-state index in [2.05, 4.69) is 48.1 Å². The summed E-state index contributed by atoms with van der Waals surface area (Å²) in [5, 5.41) is 3.68. The van der Waals surface area contributed by atoms with E-state index in [1.165, 1.54) is 37.9 Å². The van der Waals surface area contributed by atoms with E-state index in [9.17, 15) is 0 Å². The minimum atomic E-state index is 0.467. The zero-order valence-corrected chi connectivity index (χ0v) is 13.9. The quantitative estimate of drug-likeness (QED) is 0.794. The van der Waals surface area contributed by atoms with Gasteiger partial charge in [0.25, 0.3) is 0 Å². The molecule has 1 heterocycles. The van der Waals surface area contributed by atoms with E-state index in [1.54, 1.807) is 0 Å². The van der Waals surface area contributed by atoms with Gasteiger partial charge in [0.2, 0.25) is 0 Å². The largest absolute Gasteiger partial charge is 0.314 e. The molecule has 1 aliphatic carbocycles. The van der Waals surface area contributed by atoms with E-state index in [4.69, 9.17) is 0 Å². The summed E-state index contributed by atoms with van der Waals surface area (Å²) in [7, 11) is 0. The normalized spacial score (nSPS) is 17.8. The molecule has 21 heavy (non-hydrogen) atoms. The summed E-state index contributed by atoms with van der Waals surface area (Å²) in [4.78, 5) is 7.05. The fourth-order valence-electron chi connectivity index (χ4n) is 3.41. The fourth-order valence-corrected chi connectivity index (χ4v) is 3.41. The third-order valence-corrected chi connectivity index (χ3v) is 4.67. The second-order valence-corrected chi connectivity index (χ2v) is 6.87. The molecular formula is C18H31N3. The molecule has 1 saturated carbocycles. The van der Waals surface area contributed by atoms with E-state index in [-0.39, 0.29) is 0 Å². The van der Waals surface area contributed by atoms with Crippen molar-refractivity contribution in [1.82, 2.24) is 15.2 Å². The van der Waals surface area contributed by atoms with Gasteiger partial charge in [-0.3, -0.25) is 9.88 Å². The second-order valence-electron chi connectivity index (χ2n) is 6.87. The van der Waals surface area contributed by atoms with E-state index < -0.39 is 0 Å². The number of aromatic nitrogens is 1. The monoisotopic (exact) mass is 289 g/mol. The smallest absolute Gasteiger partial charge is 0.0543 e. The summed E-state index contributed by atoms with van der Waals surface area (Å²) in [6, 6.07) is 6.79. The molecular weight excluding hydrogens is 258 g/mol. The average molecular weight is 289 g/mol. The molecule has 0 amide bonds. The fraction of sp³-hybridized carbons (Fsp3) is 0.722. The van der Waals surface area contributed by atoms with Gasteiger partial charge in [-0.2, -0.15) is 0 Å².